The first-order chi connectivity index (χ1) is 8.74. The molecule has 18 heavy (non-hydrogen) atoms. The molecule has 0 unspecified atom stereocenters. The Balaban J connectivity index is 2.26. The summed E-state index contributed by atoms with van der Waals surface area (Å²) in [6.07, 6.45) is 0.790. The Morgan fingerprint density at radius 2 is 1.67 bits per heavy atom. The number of anilines is 1. The molecule has 0 saturated carbocycles. The third kappa shape index (κ3) is 2.56. The van der Waals surface area contributed by atoms with E-state index < -0.39 is 0 Å². The maximum absolute atomic E-state index is 5.90. The Bertz CT molecular complexity index is 538. The second kappa shape index (κ2) is 5.45. The van der Waals surface area contributed by atoms with Gasteiger partial charge in [-0.15, -0.1) is 0 Å². The molecule has 0 saturated heterocycles. The SMILES string of the molecule is COc1ccc(Cc2ccccc2OC)cc1N. The maximum Gasteiger partial charge on any atom is 0.141 e. The van der Waals surface area contributed by atoms with Crippen LogP contribution >= 0.6 is 0 Å². The van der Waals surface area contributed by atoms with E-state index in [9.17, 15) is 0 Å². The normalized spacial score (nSPS) is 10.1. The summed E-state index contributed by atoms with van der Waals surface area (Å²) < 4.78 is 10.5. The van der Waals surface area contributed by atoms with Gasteiger partial charge in [-0.2, -0.15) is 0 Å². The second-order valence-corrected chi connectivity index (χ2v) is 4.06. The number of nitrogens with two attached hydrogens (primary N) is 1. The van der Waals surface area contributed by atoms with Gasteiger partial charge in [-0.05, 0) is 29.3 Å². The van der Waals surface area contributed by atoms with E-state index in [1.54, 1.807) is 14.2 Å². The second-order valence-electron chi connectivity index (χ2n) is 4.06. The predicted octanol–water partition coefficient (Wildman–Crippen LogP) is 2.88. The fourth-order valence-electron chi connectivity index (χ4n) is 1.96. The summed E-state index contributed by atoms with van der Waals surface area (Å²) in [7, 11) is 3.30. The zero-order chi connectivity index (χ0) is 13.0. The van der Waals surface area contributed by atoms with Crippen LogP contribution < -0.4 is 15.2 Å². The van der Waals surface area contributed by atoms with Crippen LogP contribution in [0.5, 0.6) is 11.5 Å². The van der Waals surface area contributed by atoms with Crippen molar-refractivity contribution in [2.24, 2.45) is 0 Å². The van der Waals surface area contributed by atoms with Gasteiger partial charge in [0, 0.05) is 6.42 Å². The van der Waals surface area contributed by atoms with Crippen molar-refractivity contribution in [1.82, 2.24) is 0 Å². The molecule has 0 bridgehead atoms. The number of methoxy groups -OCH3 is 2. The van der Waals surface area contributed by atoms with E-state index >= 15 is 0 Å². The van der Waals surface area contributed by atoms with Crippen LogP contribution in [0.25, 0.3) is 0 Å². The highest BCUT2D eigenvalue weighted by atomic mass is 16.5. The lowest BCUT2D eigenvalue weighted by molar-refractivity contribution is 0.410. The monoisotopic (exact) mass is 243 g/mol. The lowest BCUT2D eigenvalue weighted by Crippen LogP contribution is -1.96. The molecule has 0 aromatic heterocycles. The summed E-state index contributed by atoms with van der Waals surface area (Å²) in [6.45, 7) is 0. The summed E-state index contributed by atoms with van der Waals surface area (Å²) in [5.41, 5.74) is 8.84. The summed E-state index contributed by atoms with van der Waals surface area (Å²) in [5, 5.41) is 0. The fraction of sp³-hybridized carbons (Fsp3) is 0.200. The summed E-state index contributed by atoms with van der Waals surface area (Å²) in [4.78, 5) is 0. The van der Waals surface area contributed by atoms with Gasteiger partial charge in [0.25, 0.3) is 0 Å². The largest absolute Gasteiger partial charge is 0.496 e. The molecule has 0 atom stereocenters. The van der Waals surface area contributed by atoms with Crippen molar-refractivity contribution < 1.29 is 9.47 Å². The Morgan fingerprint density at radius 1 is 0.944 bits per heavy atom. The average Bonchev–Trinajstić information content (AvgIpc) is 2.39. The van der Waals surface area contributed by atoms with Crippen molar-refractivity contribution in [3.63, 3.8) is 0 Å². The van der Waals surface area contributed by atoms with E-state index in [-0.39, 0.29) is 0 Å². The fourth-order valence-corrected chi connectivity index (χ4v) is 1.96. The average molecular weight is 243 g/mol. The van der Waals surface area contributed by atoms with Crippen molar-refractivity contribution in [2.45, 2.75) is 6.42 Å². The first-order valence-electron chi connectivity index (χ1n) is 5.79. The summed E-state index contributed by atoms with van der Waals surface area (Å²) in [6, 6.07) is 13.8. The van der Waals surface area contributed by atoms with Gasteiger partial charge in [-0.3, -0.25) is 0 Å². The van der Waals surface area contributed by atoms with Crippen LogP contribution in [0, 0.1) is 0 Å². The van der Waals surface area contributed by atoms with Gasteiger partial charge in [0.1, 0.15) is 11.5 Å². The van der Waals surface area contributed by atoms with Gasteiger partial charge < -0.3 is 15.2 Å². The van der Waals surface area contributed by atoms with Crippen LogP contribution in [0.3, 0.4) is 0 Å². The van der Waals surface area contributed by atoms with Crippen molar-refractivity contribution in [1.29, 1.82) is 0 Å². The lowest BCUT2D eigenvalue weighted by Gasteiger charge is -2.10. The molecular formula is C15H17NO2. The van der Waals surface area contributed by atoms with Crippen LogP contribution in [-0.4, -0.2) is 14.2 Å². The van der Waals surface area contributed by atoms with Crippen molar-refractivity contribution in [2.75, 3.05) is 20.0 Å². The molecule has 94 valence electrons. The number of ether oxygens (including phenoxy) is 2. The van der Waals surface area contributed by atoms with Crippen molar-refractivity contribution >= 4 is 5.69 Å². The number of benzene rings is 2. The molecule has 2 aromatic rings. The molecule has 0 spiro atoms. The topological polar surface area (TPSA) is 44.5 Å². The Morgan fingerprint density at radius 3 is 2.33 bits per heavy atom. The molecule has 2 rings (SSSR count). The Kier molecular flexibility index (Phi) is 3.72. The molecule has 0 amide bonds. The highest BCUT2D eigenvalue weighted by molar-refractivity contribution is 5.55. The molecule has 0 fully saturated rings. The van der Waals surface area contributed by atoms with E-state index in [2.05, 4.69) is 6.07 Å². The summed E-state index contributed by atoms with van der Waals surface area (Å²) >= 11 is 0. The molecule has 0 radical (unpaired) electrons. The number of nitrogen functional groups attached to an aromatic ring is 1. The van der Waals surface area contributed by atoms with Crippen molar-refractivity contribution in [3.05, 3.63) is 53.6 Å². The minimum atomic E-state index is 0.657. The van der Waals surface area contributed by atoms with Gasteiger partial charge in [-0.25, -0.2) is 0 Å². The molecule has 0 aliphatic heterocycles. The van der Waals surface area contributed by atoms with Gasteiger partial charge in [-0.1, -0.05) is 24.3 Å². The molecule has 2 aromatic carbocycles. The Hall–Kier alpha value is -2.16. The number of rotatable bonds is 4. The van der Waals surface area contributed by atoms with Crippen LogP contribution in [0.15, 0.2) is 42.5 Å². The van der Waals surface area contributed by atoms with Crippen LogP contribution in [-0.2, 0) is 6.42 Å². The predicted molar refractivity (Wildman–Crippen MR) is 73.2 cm³/mol. The van der Waals surface area contributed by atoms with E-state index in [0.717, 1.165) is 23.3 Å². The zero-order valence-corrected chi connectivity index (χ0v) is 10.6. The summed E-state index contributed by atoms with van der Waals surface area (Å²) in [5.74, 6) is 1.60. The molecule has 3 heteroatoms. The van der Waals surface area contributed by atoms with Crippen LogP contribution in [0.1, 0.15) is 11.1 Å². The molecule has 3 nitrogen and oxygen atoms in total. The van der Waals surface area contributed by atoms with Crippen LogP contribution in [0.2, 0.25) is 0 Å². The highest BCUT2D eigenvalue weighted by Crippen LogP contribution is 2.26. The molecule has 0 aliphatic carbocycles. The van der Waals surface area contributed by atoms with E-state index in [1.165, 1.54) is 0 Å². The maximum atomic E-state index is 5.90. The zero-order valence-electron chi connectivity index (χ0n) is 10.6. The first kappa shape index (κ1) is 12.3. The number of hydrogen-bond donors (Lipinski definition) is 1. The van der Waals surface area contributed by atoms with E-state index in [0.29, 0.717) is 11.4 Å². The van der Waals surface area contributed by atoms with Gasteiger partial charge >= 0.3 is 0 Å². The van der Waals surface area contributed by atoms with E-state index in [1.807, 2.05) is 36.4 Å². The van der Waals surface area contributed by atoms with Gasteiger partial charge in [0.2, 0.25) is 0 Å². The lowest BCUT2D eigenvalue weighted by atomic mass is 10.0. The van der Waals surface area contributed by atoms with Crippen LogP contribution in [0.4, 0.5) is 5.69 Å². The molecule has 2 N–H and O–H groups in total. The third-order valence-electron chi connectivity index (χ3n) is 2.88. The van der Waals surface area contributed by atoms with Gasteiger partial charge in [0.05, 0.1) is 19.9 Å². The number of hydrogen-bond acceptors (Lipinski definition) is 3. The van der Waals surface area contributed by atoms with E-state index in [4.69, 9.17) is 15.2 Å². The third-order valence-corrected chi connectivity index (χ3v) is 2.88. The first-order valence-corrected chi connectivity index (χ1v) is 5.79. The minimum Gasteiger partial charge on any atom is -0.496 e. The molecule has 0 aliphatic rings. The number of para-hydroxylation sites is 1. The quantitative estimate of drug-likeness (QED) is 0.840. The smallest absolute Gasteiger partial charge is 0.141 e. The molecule has 0 heterocycles. The Labute approximate surface area is 107 Å². The molecular weight excluding hydrogens is 226 g/mol. The van der Waals surface area contributed by atoms with Gasteiger partial charge in [0.15, 0.2) is 0 Å². The minimum absolute atomic E-state index is 0.657. The highest BCUT2D eigenvalue weighted by Gasteiger charge is 2.05. The van der Waals surface area contributed by atoms with Crippen molar-refractivity contribution in [3.8, 4) is 11.5 Å². The standard InChI is InChI=1S/C15H17NO2/c1-17-14-6-4-3-5-12(14)9-11-7-8-15(18-2)13(16)10-11/h3-8,10H,9,16H2,1-2H3.